The summed E-state index contributed by atoms with van der Waals surface area (Å²) in [6.07, 6.45) is 9.56. The molecule has 2 bridgehead atoms. The largest absolute Gasteiger partial charge is 0.481 e. The van der Waals surface area contributed by atoms with Crippen LogP contribution in [0.25, 0.3) is 0 Å². The fraction of sp³-hybridized carbons (Fsp3) is 0.974. The van der Waals surface area contributed by atoms with Crippen molar-refractivity contribution in [3.8, 4) is 0 Å². The number of aliphatic carboxylic acids is 1. The summed E-state index contributed by atoms with van der Waals surface area (Å²) in [7, 11) is 0. The first-order valence-corrected chi connectivity index (χ1v) is 19.6. The van der Waals surface area contributed by atoms with Gasteiger partial charge in [-0.1, -0.05) is 34.6 Å². The van der Waals surface area contributed by atoms with Crippen LogP contribution in [0, 0.1) is 70.0 Å². The van der Waals surface area contributed by atoms with E-state index in [2.05, 4.69) is 34.6 Å². The van der Waals surface area contributed by atoms with Gasteiger partial charge in [0.1, 0.15) is 0 Å². The normalized spacial score (nSPS) is 57.8. The predicted molar refractivity (Wildman–Crippen MR) is 176 cm³/mol. The lowest BCUT2D eigenvalue weighted by Gasteiger charge is -2.64. The molecule has 3 N–H and O–H groups in total. The molecular weight excluding hydrogens is 612 g/mol. The number of carboxylic acid groups (broad SMARTS) is 1. The third-order valence-corrected chi connectivity index (χ3v) is 16.7. The number of ether oxygens (including phenoxy) is 3. The minimum atomic E-state index is -0.805. The Labute approximate surface area is 287 Å². The molecule has 1 spiro atoms. The fourth-order valence-electron chi connectivity index (χ4n) is 14.0. The van der Waals surface area contributed by atoms with Crippen molar-refractivity contribution in [3.63, 3.8) is 0 Å². The minimum absolute atomic E-state index is 0.0399. The van der Waals surface area contributed by atoms with Gasteiger partial charge in [-0.3, -0.25) is 4.79 Å². The molecule has 9 rings (SSSR count). The molecule has 8 unspecified atom stereocenters. The molecule has 4 saturated heterocycles. The van der Waals surface area contributed by atoms with Crippen LogP contribution >= 0.6 is 0 Å². The van der Waals surface area contributed by atoms with Gasteiger partial charge in [0.2, 0.25) is 5.79 Å². The van der Waals surface area contributed by atoms with E-state index in [1.54, 1.807) is 0 Å². The lowest BCUT2D eigenvalue weighted by atomic mass is 9.43. The van der Waals surface area contributed by atoms with Gasteiger partial charge in [0.05, 0.1) is 18.3 Å². The monoisotopic (exact) mass is 674 g/mol. The summed E-state index contributed by atoms with van der Waals surface area (Å²) < 4.78 is 20.4. The number of hydrogen-bond donors (Lipinski definition) is 3. The molecule has 19 atom stereocenters. The molecule has 4 aliphatic heterocycles. The summed E-state index contributed by atoms with van der Waals surface area (Å²) >= 11 is 0. The zero-order valence-corrected chi connectivity index (χ0v) is 30.1. The van der Waals surface area contributed by atoms with Crippen LogP contribution in [0.4, 0.5) is 0 Å². The van der Waals surface area contributed by atoms with E-state index in [0.29, 0.717) is 24.2 Å². The molecule has 0 amide bonds. The third kappa shape index (κ3) is 4.90. The smallest absolute Gasteiger partial charge is 0.303 e. The second-order valence-electron chi connectivity index (χ2n) is 18.8. The maximum Gasteiger partial charge on any atom is 0.303 e. The van der Waals surface area contributed by atoms with Crippen LogP contribution in [0.15, 0.2) is 0 Å². The summed E-state index contributed by atoms with van der Waals surface area (Å²) in [6, 6.07) is 0. The van der Waals surface area contributed by atoms with Crippen molar-refractivity contribution in [2.75, 3.05) is 0 Å². The SMILES string of the molecule is C[C@H]1C(O[C@@H]2CC[C@@]3(C)C(C2)C[C@@H](O)C2C3C[C@H](O)[C@@]3(C)C2CC[C@@H]3[C@H](C)CCC(=O)O)OC2O[C@]3(C)CCC4[C@H](C)CCC1[C@@]24OO3. The van der Waals surface area contributed by atoms with E-state index < -0.39 is 35.9 Å². The zero-order chi connectivity index (χ0) is 34.0. The molecule has 0 radical (unpaired) electrons. The lowest BCUT2D eigenvalue weighted by molar-refractivity contribution is -0.578. The van der Waals surface area contributed by atoms with Gasteiger partial charge < -0.3 is 29.5 Å². The molecule has 0 aromatic heterocycles. The van der Waals surface area contributed by atoms with Crippen molar-refractivity contribution in [3.05, 3.63) is 0 Å². The van der Waals surface area contributed by atoms with Crippen molar-refractivity contribution < 1.29 is 44.1 Å². The average Bonchev–Trinajstić information content (AvgIpc) is 3.24. The van der Waals surface area contributed by atoms with E-state index in [1.165, 1.54) is 6.42 Å². The molecule has 0 aromatic carbocycles. The number of hydrogen-bond acceptors (Lipinski definition) is 8. The van der Waals surface area contributed by atoms with Crippen molar-refractivity contribution in [2.24, 2.45) is 70.0 Å². The Bertz CT molecular complexity index is 1250. The molecule has 9 fully saturated rings. The average molecular weight is 675 g/mol. The number of aliphatic hydroxyl groups is 2. The van der Waals surface area contributed by atoms with E-state index in [0.717, 1.165) is 64.2 Å². The number of carbonyl (C=O) groups is 1. The molecule has 5 saturated carbocycles. The number of fused-ring (bicyclic) bond motifs is 7. The van der Waals surface area contributed by atoms with Crippen molar-refractivity contribution in [1.29, 1.82) is 0 Å². The molecule has 272 valence electrons. The number of rotatable bonds is 6. The van der Waals surface area contributed by atoms with Gasteiger partial charge in [-0.05, 0) is 136 Å². The van der Waals surface area contributed by atoms with Crippen molar-refractivity contribution in [2.45, 2.75) is 167 Å². The quantitative estimate of drug-likeness (QED) is 0.209. The molecule has 0 aromatic rings. The van der Waals surface area contributed by atoms with Crippen LogP contribution in [0.5, 0.6) is 0 Å². The molecule has 48 heavy (non-hydrogen) atoms. The molecule has 9 aliphatic rings. The maximum atomic E-state index is 12.0. The van der Waals surface area contributed by atoms with E-state index in [4.69, 9.17) is 24.0 Å². The van der Waals surface area contributed by atoms with Gasteiger partial charge in [0.15, 0.2) is 18.2 Å². The molecule has 9 heteroatoms. The molecule has 5 aliphatic carbocycles. The molecular formula is C39H62O9. The summed E-state index contributed by atoms with van der Waals surface area (Å²) in [5.41, 5.74) is -0.834. The highest BCUT2D eigenvalue weighted by Crippen LogP contribution is 2.69. The highest BCUT2D eigenvalue weighted by atomic mass is 17.3. The van der Waals surface area contributed by atoms with Crippen LogP contribution in [0.2, 0.25) is 0 Å². The molecule has 4 heterocycles. The Balaban J connectivity index is 0.975. The topological polar surface area (TPSA) is 124 Å². The lowest BCUT2D eigenvalue weighted by Crippen LogP contribution is -2.70. The first-order valence-electron chi connectivity index (χ1n) is 19.6. The maximum absolute atomic E-state index is 12.0. The second kappa shape index (κ2) is 11.9. The van der Waals surface area contributed by atoms with Crippen LogP contribution in [0.3, 0.4) is 0 Å². The van der Waals surface area contributed by atoms with Gasteiger partial charge in [0.25, 0.3) is 0 Å². The van der Waals surface area contributed by atoms with Crippen LogP contribution < -0.4 is 0 Å². The van der Waals surface area contributed by atoms with Crippen LogP contribution in [0.1, 0.15) is 125 Å². The first-order chi connectivity index (χ1) is 22.7. The second-order valence-corrected chi connectivity index (χ2v) is 18.8. The van der Waals surface area contributed by atoms with Gasteiger partial charge in [-0.25, -0.2) is 9.78 Å². The number of carboxylic acids is 1. The Kier molecular flexibility index (Phi) is 8.47. The van der Waals surface area contributed by atoms with Crippen LogP contribution in [-0.2, 0) is 28.8 Å². The summed E-state index contributed by atoms with van der Waals surface area (Å²) in [5, 5.41) is 33.2. The Morgan fingerprint density at radius 2 is 1.67 bits per heavy atom. The predicted octanol–water partition coefficient (Wildman–Crippen LogP) is 6.68. The highest BCUT2D eigenvalue weighted by Gasteiger charge is 2.70. The van der Waals surface area contributed by atoms with Crippen molar-refractivity contribution >= 4 is 5.97 Å². The summed E-state index contributed by atoms with van der Waals surface area (Å²) in [6.45, 7) is 13.4. The van der Waals surface area contributed by atoms with E-state index in [9.17, 15) is 20.1 Å². The Morgan fingerprint density at radius 3 is 2.44 bits per heavy atom. The van der Waals surface area contributed by atoms with Gasteiger partial charge >= 0.3 is 5.97 Å². The van der Waals surface area contributed by atoms with Gasteiger partial charge in [-0.2, -0.15) is 0 Å². The minimum Gasteiger partial charge on any atom is -0.481 e. The standard InChI is InChI=1S/C39H62O9/c1-20(8-12-32(42)43)25-10-11-28-33-29(19-31(41)38(25,28)6)36(4)15-13-24(17-23(36)18-30(33)40)44-34-22(3)27-9-7-21(2)26-14-16-37(5)46-35(45-34)39(26,27)48-47-37/h20-31,33-35,40-41H,7-19H2,1-6H3,(H,42,43)/t20-,21-,22-,23?,24-,25-,26?,27?,28?,29?,30-,31+,33?,34?,35?,36+,37+,38-,39-/m1/s1. The van der Waals surface area contributed by atoms with Crippen molar-refractivity contribution in [1.82, 2.24) is 0 Å². The van der Waals surface area contributed by atoms with E-state index in [1.807, 2.05) is 6.92 Å². The highest BCUT2D eigenvalue weighted by molar-refractivity contribution is 5.66. The summed E-state index contributed by atoms with van der Waals surface area (Å²) in [4.78, 5) is 23.7. The number of aliphatic hydroxyl groups excluding tert-OH is 2. The molecule has 9 nitrogen and oxygen atoms in total. The Hall–Kier alpha value is -0.810. The Morgan fingerprint density at radius 1 is 0.896 bits per heavy atom. The van der Waals surface area contributed by atoms with E-state index >= 15 is 0 Å². The summed E-state index contributed by atoms with van der Waals surface area (Å²) in [5.74, 6) is 1.23. The van der Waals surface area contributed by atoms with Gasteiger partial charge in [-0.15, -0.1) is 0 Å². The van der Waals surface area contributed by atoms with Crippen LogP contribution in [-0.4, -0.2) is 63.6 Å². The zero-order valence-electron chi connectivity index (χ0n) is 30.1. The first kappa shape index (κ1) is 34.3. The fourth-order valence-corrected chi connectivity index (χ4v) is 14.0. The van der Waals surface area contributed by atoms with Gasteiger partial charge in [0, 0.05) is 24.7 Å². The third-order valence-electron chi connectivity index (χ3n) is 16.7. The van der Waals surface area contributed by atoms with E-state index in [-0.39, 0.29) is 71.1 Å².